The molecule has 0 heterocycles. The summed E-state index contributed by atoms with van der Waals surface area (Å²) < 4.78 is 38.5. The monoisotopic (exact) mass is 304 g/mol. The van der Waals surface area contributed by atoms with E-state index in [4.69, 9.17) is 5.11 Å². The van der Waals surface area contributed by atoms with Crippen molar-refractivity contribution in [3.63, 3.8) is 0 Å². The number of carbonyl (C=O) groups is 1. The molecule has 1 atom stereocenters. The molecule has 0 bridgehead atoms. The van der Waals surface area contributed by atoms with Gasteiger partial charge in [-0.25, -0.2) is 17.5 Å². The summed E-state index contributed by atoms with van der Waals surface area (Å²) in [7, 11) is -3.75. The van der Waals surface area contributed by atoms with Gasteiger partial charge in [-0.05, 0) is 31.2 Å². The van der Waals surface area contributed by atoms with Crippen molar-refractivity contribution in [1.29, 1.82) is 0 Å². The van der Waals surface area contributed by atoms with Gasteiger partial charge in [0.25, 0.3) is 0 Å². The third-order valence-corrected chi connectivity index (χ3v) is 3.84. The minimum Gasteiger partial charge on any atom is -0.392 e. The summed E-state index contributed by atoms with van der Waals surface area (Å²) in [4.78, 5) is 11.2. The van der Waals surface area contributed by atoms with E-state index in [0.717, 1.165) is 24.3 Å². The average molecular weight is 304 g/mol. The van der Waals surface area contributed by atoms with Crippen LogP contribution in [0.25, 0.3) is 0 Å². The van der Waals surface area contributed by atoms with E-state index in [1.54, 1.807) is 0 Å². The molecule has 0 radical (unpaired) electrons. The Hall–Kier alpha value is -1.51. The molecule has 0 fully saturated rings. The third-order valence-electron chi connectivity index (χ3n) is 2.36. The Labute approximate surface area is 117 Å². The van der Waals surface area contributed by atoms with Gasteiger partial charge < -0.3 is 10.4 Å². The number of rotatable bonds is 7. The maximum Gasteiger partial charge on any atom is 0.240 e. The first-order chi connectivity index (χ1) is 9.31. The van der Waals surface area contributed by atoms with Crippen LogP contribution in [0.4, 0.5) is 4.39 Å². The van der Waals surface area contributed by atoms with Gasteiger partial charge in [-0.1, -0.05) is 0 Å². The van der Waals surface area contributed by atoms with Crippen molar-refractivity contribution in [2.24, 2.45) is 0 Å². The molecular formula is C12H17FN2O4S. The van der Waals surface area contributed by atoms with Gasteiger partial charge in [-0.15, -0.1) is 0 Å². The first-order valence-corrected chi connectivity index (χ1v) is 7.49. The van der Waals surface area contributed by atoms with Crippen LogP contribution in [-0.2, 0) is 14.8 Å². The zero-order chi connectivity index (χ0) is 15.2. The molecule has 0 spiro atoms. The van der Waals surface area contributed by atoms with E-state index >= 15 is 0 Å². The minimum absolute atomic E-state index is 0.0485. The van der Waals surface area contributed by atoms with Crippen molar-refractivity contribution in [2.45, 2.75) is 24.3 Å². The summed E-state index contributed by atoms with van der Waals surface area (Å²) in [5.74, 6) is -0.894. The van der Waals surface area contributed by atoms with Gasteiger partial charge in [0.2, 0.25) is 15.9 Å². The van der Waals surface area contributed by atoms with E-state index in [9.17, 15) is 17.6 Å². The summed E-state index contributed by atoms with van der Waals surface area (Å²) in [6.45, 7) is 1.56. The number of nitrogens with one attached hydrogen (secondary N) is 2. The van der Waals surface area contributed by atoms with Gasteiger partial charge in [0.1, 0.15) is 5.82 Å². The lowest BCUT2D eigenvalue weighted by Crippen LogP contribution is -2.34. The van der Waals surface area contributed by atoms with Crippen LogP contribution in [0.1, 0.15) is 13.3 Å². The van der Waals surface area contributed by atoms with Crippen molar-refractivity contribution in [1.82, 2.24) is 10.0 Å². The summed E-state index contributed by atoms with van der Waals surface area (Å²) in [5, 5.41) is 11.4. The quantitative estimate of drug-likeness (QED) is 0.660. The van der Waals surface area contributed by atoms with E-state index < -0.39 is 21.9 Å². The number of aliphatic hydroxyl groups is 1. The fourth-order valence-corrected chi connectivity index (χ4v) is 2.38. The molecule has 1 rings (SSSR count). The highest BCUT2D eigenvalue weighted by Gasteiger charge is 2.14. The molecule has 1 unspecified atom stereocenters. The largest absolute Gasteiger partial charge is 0.392 e. The SMILES string of the molecule is CC(O)CNC(=O)CCNS(=O)(=O)c1ccc(F)cc1. The first-order valence-electron chi connectivity index (χ1n) is 6.01. The Morgan fingerprint density at radius 3 is 2.50 bits per heavy atom. The Morgan fingerprint density at radius 2 is 1.95 bits per heavy atom. The van der Waals surface area contributed by atoms with Gasteiger partial charge in [0.15, 0.2) is 0 Å². The molecule has 1 aromatic carbocycles. The van der Waals surface area contributed by atoms with E-state index in [0.29, 0.717) is 0 Å². The smallest absolute Gasteiger partial charge is 0.240 e. The number of amides is 1. The maximum atomic E-state index is 12.7. The average Bonchev–Trinajstić information content (AvgIpc) is 2.36. The van der Waals surface area contributed by atoms with Crippen LogP contribution in [-0.4, -0.2) is 38.6 Å². The number of hydrogen-bond donors (Lipinski definition) is 3. The van der Waals surface area contributed by atoms with Crippen LogP contribution in [0.5, 0.6) is 0 Å². The lowest BCUT2D eigenvalue weighted by atomic mass is 10.3. The van der Waals surface area contributed by atoms with Crippen molar-refractivity contribution < 1.29 is 22.7 Å². The standard InChI is InChI=1S/C12H17FN2O4S/c1-9(16)8-14-12(17)6-7-15-20(18,19)11-4-2-10(13)3-5-11/h2-5,9,15-16H,6-8H2,1H3,(H,14,17). The highest BCUT2D eigenvalue weighted by atomic mass is 32.2. The fourth-order valence-electron chi connectivity index (χ4n) is 1.35. The highest BCUT2D eigenvalue weighted by Crippen LogP contribution is 2.09. The van der Waals surface area contributed by atoms with Gasteiger partial charge >= 0.3 is 0 Å². The molecule has 1 aromatic rings. The maximum absolute atomic E-state index is 12.7. The molecule has 6 nitrogen and oxygen atoms in total. The molecule has 20 heavy (non-hydrogen) atoms. The Balaban J connectivity index is 2.44. The molecule has 0 aliphatic carbocycles. The fraction of sp³-hybridized carbons (Fsp3) is 0.417. The van der Waals surface area contributed by atoms with Crippen molar-refractivity contribution in [3.05, 3.63) is 30.1 Å². The zero-order valence-electron chi connectivity index (χ0n) is 11.0. The van der Waals surface area contributed by atoms with Crippen LogP contribution in [0.15, 0.2) is 29.2 Å². The summed E-state index contributed by atoms with van der Waals surface area (Å²) in [6, 6.07) is 4.38. The van der Waals surface area contributed by atoms with E-state index in [1.165, 1.54) is 6.92 Å². The molecule has 0 aliphatic rings. The van der Waals surface area contributed by atoms with E-state index in [2.05, 4.69) is 10.0 Å². The Bertz CT molecular complexity index is 543. The van der Waals surface area contributed by atoms with Crippen LogP contribution in [0, 0.1) is 5.82 Å². The molecule has 0 saturated heterocycles. The van der Waals surface area contributed by atoms with Crippen LogP contribution < -0.4 is 10.0 Å². The first kappa shape index (κ1) is 16.5. The molecule has 112 valence electrons. The second-order valence-electron chi connectivity index (χ2n) is 4.25. The number of benzene rings is 1. The van der Waals surface area contributed by atoms with Crippen molar-refractivity contribution in [3.8, 4) is 0 Å². The molecule has 3 N–H and O–H groups in total. The minimum atomic E-state index is -3.75. The lowest BCUT2D eigenvalue weighted by molar-refractivity contribution is -0.121. The van der Waals surface area contributed by atoms with E-state index in [1.807, 2.05) is 0 Å². The number of carbonyl (C=O) groups excluding carboxylic acids is 1. The Kier molecular flexibility index (Phi) is 6.05. The number of hydrogen-bond acceptors (Lipinski definition) is 4. The lowest BCUT2D eigenvalue weighted by Gasteiger charge is -2.08. The van der Waals surface area contributed by atoms with Crippen LogP contribution in [0.3, 0.4) is 0 Å². The molecule has 0 saturated carbocycles. The summed E-state index contributed by atoms with van der Waals surface area (Å²) in [5.41, 5.74) is 0. The van der Waals surface area contributed by atoms with Crippen molar-refractivity contribution >= 4 is 15.9 Å². The van der Waals surface area contributed by atoms with Gasteiger partial charge in [0.05, 0.1) is 11.0 Å². The number of halogens is 1. The van der Waals surface area contributed by atoms with Gasteiger partial charge in [-0.2, -0.15) is 0 Å². The predicted octanol–water partition coefficient (Wildman–Crippen LogP) is -0.00890. The zero-order valence-corrected chi connectivity index (χ0v) is 11.8. The van der Waals surface area contributed by atoms with Gasteiger partial charge in [-0.3, -0.25) is 4.79 Å². The van der Waals surface area contributed by atoms with Crippen LogP contribution in [0.2, 0.25) is 0 Å². The molecule has 0 aromatic heterocycles. The predicted molar refractivity (Wildman–Crippen MR) is 70.9 cm³/mol. The second kappa shape index (κ2) is 7.32. The highest BCUT2D eigenvalue weighted by molar-refractivity contribution is 7.89. The van der Waals surface area contributed by atoms with Crippen LogP contribution >= 0.6 is 0 Å². The number of sulfonamides is 1. The topological polar surface area (TPSA) is 95.5 Å². The van der Waals surface area contributed by atoms with E-state index in [-0.39, 0.29) is 30.3 Å². The number of aliphatic hydroxyl groups excluding tert-OH is 1. The molecule has 1 amide bonds. The molecular weight excluding hydrogens is 287 g/mol. The summed E-state index contributed by atoms with van der Waals surface area (Å²) in [6.07, 6.45) is -0.706. The summed E-state index contributed by atoms with van der Waals surface area (Å²) >= 11 is 0. The molecule has 0 aliphatic heterocycles. The Morgan fingerprint density at radius 1 is 1.35 bits per heavy atom. The second-order valence-corrected chi connectivity index (χ2v) is 6.02. The third kappa shape index (κ3) is 5.64. The van der Waals surface area contributed by atoms with Gasteiger partial charge in [0, 0.05) is 19.5 Å². The molecule has 8 heteroatoms. The normalized spacial score (nSPS) is 12.9. The van der Waals surface area contributed by atoms with Crippen molar-refractivity contribution in [2.75, 3.05) is 13.1 Å².